The first kappa shape index (κ1) is 17.9. The van der Waals surface area contributed by atoms with Gasteiger partial charge in [0.2, 0.25) is 0 Å². The largest absolute Gasteiger partial charge is 0.390 e. The summed E-state index contributed by atoms with van der Waals surface area (Å²) in [5.41, 5.74) is 9.25. The Hall–Kier alpha value is -2.48. The van der Waals surface area contributed by atoms with Crippen molar-refractivity contribution in [1.82, 2.24) is 19.5 Å². The van der Waals surface area contributed by atoms with E-state index in [4.69, 9.17) is 5.73 Å². The molecule has 3 heterocycles. The van der Waals surface area contributed by atoms with E-state index in [9.17, 15) is 5.11 Å². The van der Waals surface area contributed by atoms with Crippen LogP contribution in [0.5, 0.6) is 0 Å². The number of benzene rings is 1. The summed E-state index contributed by atoms with van der Waals surface area (Å²) in [6, 6.07) is 12.4. The van der Waals surface area contributed by atoms with Gasteiger partial charge in [0.25, 0.3) is 0 Å². The fraction of sp³-hybridized carbons (Fsp3) is 0.400. The van der Waals surface area contributed by atoms with Crippen LogP contribution in [0.15, 0.2) is 48.9 Å². The van der Waals surface area contributed by atoms with Gasteiger partial charge in [-0.25, -0.2) is 9.50 Å². The SMILES string of the molecule is C[C@@H](Nc1ncnn2ccc(CN3CC[C@@H](N)[C@H](O)C3)c12)c1ccccc1. The van der Waals surface area contributed by atoms with E-state index in [1.54, 1.807) is 6.33 Å². The molecule has 0 radical (unpaired) electrons. The van der Waals surface area contributed by atoms with Crippen LogP contribution in [0.25, 0.3) is 5.52 Å². The number of aromatic nitrogens is 3. The summed E-state index contributed by atoms with van der Waals surface area (Å²) < 4.78 is 1.86. The third kappa shape index (κ3) is 3.80. The van der Waals surface area contributed by atoms with Crippen LogP contribution in [0.4, 0.5) is 5.82 Å². The minimum absolute atomic E-state index is 0.126. The van der Waals surface area contributed by atoms with Gasteiger partial charge < -0.3 is 16.2 Å². The van der Waals surface area contributed by atoms with Gasteiger partial charge in [-0.15, -0.1) is 0 Å². The van der Waals surface area contributed by atoms with Crippen molar-refractivity contribution in [3.8, 4) is 0 Å². The van der Waals surface area contributed by atoms with Crippen LogP contribution in [-0.4, -0.2) is 49.8 Å². The topological polar surface area (TPSA) is 91.7 Å². The Balaban J connectivity index is 1.58. The molecule has 7 heteroatoms. The molecule has 2 aromatic heterocycles. The van der Waals surface area contributed by atoms with Crippen molar-refractivity contribution in [3.63, 3.8) is 0 Å². The summed E-state index contributed by atoms with van der Waals surface area (Å²) in [5.74, 6) is 0.815. The van der Waals surface area contributed by atoms with Crippen molar-refractivity contribution in [2.24, 2.45) is 5.73 Å². The molecular weight excluding hydrogens is 340 g/mol. The van der Waals surface area contributed by atoms with Crippen LogP contribution in [0.3, 0.4) is 0 Å². The third-order valence-corrected chi connectivity index (χ3v) is 5.30. The van der Waals surface area contributed by atoms with E-state index in [0.29, 0.717) is 6.54 Å². The van der Waals surface area contributed by atoms with Gasteiger partial charge in [-0.1, -0.05) is 30.3 Å². The fourth-order valence-corrected chi connectivity index (χ4v) is 3.68. The molecule has 1 fully saturated rings. The molecule has 1 aliphatic heterocycles. The highest BCUT2D eigenvalue weighted by Gasteiger charge is 2.25. The number of aliphatic hydroxyl groups is 1. The molecule has 7 nitrogen and oxygen atoms in total. The lowest BCUT2D eigenvalue weighted by atomic mass is 10.0. The summed E-state index contributed by atoms with van der Waals surface area (Å²) in [7, 11) is 0. The first-order chi connectivity index (χ1) is 13.1. The van der Waals surface area contributed by atoms with E-state index < -0.39 is 6.10 Å². The molecule has 3 aromatic rings. The Kier molecular flexibility index (Phi) is 5.07. The monoisotopic (exact) mass is 366 g/mol. The number of hydrogen-bond acceptors (Lipinski definition) is 6. The number of piperidine rings is 1. The van der Waals surface area contributed by atoms with Crippen LogP contribution in [0, 0.1) is 0 Å². The van der Waals surface area contributed by atoms with Gasteiger partial charge in [-0.05, 0) is 30.5 Å². The Morgan fingerprint density at radius 2 is 2.11 bits per heavy atom. The highest BCUT2D eigenvalue weighted by atomic mass is 16.3. The minimum Gasteiger partial charge on any atom is -0.390 e. The molecule has 1 aromatic carbocycles. The van der Waals surface area contributed by atoms with E-state index in [1.807, 2.05) is 28.9 Å². The van der Waals surface area contributed by atoms with E-state index in [2.05, 4.69) is 45.4 Å². The van der Waals surface area contributed by atoms with Crippen molar-refractivity contribution in [2.75, 3.05) is 18.4 Å². The van der Waals surface area contributed by atoms with Gasteiger partial charge in [0.1, 0.15) is 11.8 Å². The van der Waals surface area contributed by atoms with E-state index in [1.165, 1.54) is 5.56 Å². The molecule has 4 rings (SSSR count). The molecule has 0 amide bonds. The van der Waals surface area contributed by atoms with Crippen LogP contribution in [0.2, 0.25) is 0 Å². The quantitative estimate of drug-likeness (QED) is 0.638. The average molecular weight is 366 g/mol. The summed E-state index contributed by atoms with van der Waals surface area (Å²) in [6.45, 7) is 4.34. The molecule has 0 unspecified atom stereocenters. The molecule has 1 aliphatic rings. The first-order valence-corrected chi connectivity index (χ1v) is 9.40. The van der Waals surface area contributed by atoms with Gasteiger partial charge in [0, 0.05) is 31.9 Å². The Morgan fingerprint density at radius 1 is 1.30 bits per heavy atom. The second-order valence-corrected chi connectivity index (χ2v) is 7.27. The molecule has 142 valence electrons. The summed E-state index contributed by atoms with van der Waals surface area (Å²) in [4.78, 5) is 6.73. The Bertz CT molecular complexity index is 896. The maximum absolute atomic E-state index is 10.1. The standard InChI is InChI=1S/C20H26N6O/c1-14(15-5-3-2-4-6-15)24-20-19-16(7-10-26(19)23-13-22-20)11-25-9-8-17(21)18(27)12-25/h2-7,10,13-14,17-18,27H,8-9,11-12,21H2,1H3,(H,22,23,24)/t14-,17-,18-/m1/s1. The number of nitrogens with two attached hydrogens (primary N) is 1. The van der Waals surface area contributed by atoms with Crippen molar-refractivity contribution in [1.29, 1.82) is 0 Å². The van der Waals surface area contributed by atoms with Crippen LogP contribution in [-0.2, 0) is 6.54 Å². The van der Waals surface area contributed by atoms with Gasteiger partial charge in [-0.3, -0.25) is 4.90 Å². The zero-order valence-electron chi connectivity index (χ0n) is 15.5. The molecule has 1 saturated heterocycles. The summed E-state index contributed by atoms with van der Waals surface area (Å²) in [5, 5.41) is 17.9. The second kappa shape index (κ2) is 7.64. The van der Waals surface area contributed by atoms with E-state index in [-0.39, 0.29) is 12.1 Å². The fourth-order valence-electron chi connectivity index (χ4n) is 3.68. The van der Waals surface area contributed by atoms with Crippen LogP contribution < -0.4 is 11.1 Å². The van der Waals surface area contributed by atoms with Gasteiger partial charge in [0.15, 0.2) is 5.82 Å². The van der Waals surface area contributed by atoms with E-state index in [0.717, 1.165) is 36.4 Å². The lowest BCUT2D eigenvalue weighted by Crippen LogP contribution is -2.50. The molecule has 4 N–H and O–H groups in total. The number of likely N-dealkylation sites (tertiary alicyclic amines) is 1. The van der Waals surface area contributed by atoms with Crippen LogP contribution in [0.1, 0.15) is 30.5 Å². The predicted octanol–water partition coefficient (Wildman–Crippen LogP) is 1.80. The number of rotatable bonds is 5. The third-order valence-electron chi connectivity index (χ3n) is 5.30. The van der Waals surface area contributed by atoms with Gasteiger partial charge in [0.05, 0.1) is 12.1 Å². The summed E-state index contributed by atoms with van der Waals surface area (Å²) in [6.07, 6.45) is 3.86. The van der Waals surface area contributed by atoms with Crippen molar-refractivity contribution in [3.05, 3.63) is 60.0 Å². The number of fused-ring (bicyclic) bond motifs is 1. The normalized spacial score (nSPS) is 22.0. The number of nitrogens with one attached hydrogen (secondary N) is 1. The number of β-amino-alcohol motifs (C(OH)–C–C–N with tert-alkyl or cyclic N) is 1. The highest BCUT2D eigenvalue weighted by Crippen LogP contribution is 2.25. The van der Waals surface area contributed by atoms with Crippen LogP contribution >= 0.6 is 0 Å². The lowest BCUT2D eigenvalue weighted by Gasteiger charge is -2.33. The highest BCUT2D eigenvalue weighted by molar-refractivity contribution is 5.72. The maximum Gasteiger partial charge on any atom is 0.154 e. The molecular formula is C20H26N6O. The van der Waals surface area contributed by atoms with Gasteiger partial charge in [-0.2, -0.15) is 5.10 Å². The Morgan fingerprint density at radius 3 is 2.89 bits per heavy atom. The molecule has 0 aliphatic carbocycles. The lowest BCUT2D eigenvalue weighted by molar-refractivity contribution is 0.0501. The zero-order valence-corrected chi connectivity index (χ0v) is 15.5. The predicted molar refractivity (Wildman–Crippen MR) is 105 cm³/mol. The zero-order chi connectivity index (χ0) is 18.8. The molecule has 3 atom stereocenters. The number of aliphatic hydroxyl groups excluding tert-OH is 1. The van der Waals surface area contributed by atoms with Gasteiger partial charge >= 0.3 is 0 Å². The number of anilines is 1. The van der Waals surface area contributed by atoms with E-state index >= 15 is 0 Å². The van der Waals surface area contributed by atoms with Crippen molar-refractivity contribution in [2.45, 2.75) is 38.1 Å². The minimum atomic E-state index is -0.473. The Labute approximate surface area is 158 Å². The second-order valence-electron chi connectivity index (χ2n) is 7.27. The molecule has 0 bridgehead atoms. The molecule has 0 saturated carbocycles. The summed E-state index contributed by atoms with van der Waals surface area (Å²) >= 11 is 0. The smallest absolute Gasteiger partial charge is 0.154 e. The molecule has 27 heavy (non-hydrogen) atoms. The number of hydrogen-bond donors (Lipinski definition) is 3. The van der Waals surface area contributed by atoms with Crippen molar-refractivity contribution >= 4 is 11.3 Å². The number of nitrogens with zero attached hydrogens (tertiary/aromatic N) is 4. The first-order valence-electron chi connectivity index (χ1n) is 9.40. The van der Waals surface area contributed by atoms with Crippen molar-refractivity contribution < 1.29 is 5.11 Å². The molecule has 0 spiro atoms. The average Bonchev–Trinajstić information content (AvgIpc) is 3.09. The maximum atomic E-state index is 10.1.